The van der Waals surface area contributed by atoms with E-state index in [4.69, 9.17) is 4.74 Å². The number of aromatic carboxylic acids is 1. The zero-order valence-corrected chi connectivity index (χ0v) is 20.4. The average molecular weight is 463 g/mol. The zero-order chi connectivity index (χ0) is 24.4. The Bertz CT molecular complexity index is 1190. The molecule has 3 aromatic rings. The smallest absolute Gasteiger partial charge is 0.335 e. The van der Waals surface area contributed by atoms with Crippen molar-refractivity contribution in [1.29, 1.82) is 0 Å². The quantitative estimate of drug-likeness (QED) is 0.456. The number of hydrogen-bond donors (Lipinski definition) is 2. The second-order valence-electron chi connectivity index (χ2n) is 9.60. The Morgan fingerprint density at radius 2 is 1.85 bits per heavy atom. The standard InChI is InChI=1S/C28H34N2O4/c1-17(27(31)30(3)21-7-5-6-8-21)13-19-9-12-25-23(14-19)24(16-29-25)18(2)22-11-10-20(28(32)33)15-26(22)34-4/h9-12,14-18,21,29H,5-8,13H2,1-4H3,(H,32,33). The van der Waals surface area contributed by atoms with Crippen LogP contribution in [0.1, 0.15) is 72.5 Å². The molecule has 2 atom stereocenters. The number of hydrogen-bond acceptors (Lipinski definition) is 3. The molecule has 1 heterocycles. The van der Waals surface area contributed by atoms with Crippen molar-refractivity contribution in [2.75, 3.05) is 14.2 Å². The Labute approximate surface area is 200 Å². The minimum absolute atomic E-state index is 0.00523. The summed E-state index contributed by atoms with van der Waals surface area (Å²) in [5, 5.41) is 10.4. The monoisotopic (exact) mass is 462 g/mol. The molecule has 2 N–H and O–H groups in total. The number of methoxy groups -OCH3 is 1. The number of carboxylic acids is 1. The fourth-order valence-corrected chi connectivity index (χ4v) is 5.30. The molecular weight excluding hydrogens is 428 g/mol. The Morgan fingerprint density at radius 1 is 1.12 bits per heavy atom. The molecular formula is C28H34N2O4. The third-order valence-electron chi connectivity index (χ3n) is 7.38. The summed E-state index contributed by atoms with van der Waals surface area (Å²) in [5.74, 6) is -0.276. The van der Waals surface area contributed by atoms with Gasteiger partial charge >= 0.3 is 5.97 Å². The Kier molecular flexibility index (Phi) is 6.96. The van der Waals surface area contributed by atoms with E-state index < -0.39 is 5.97 Å². The van der Waals surface area contributed by atoms with Crippen LogP contribution >= 0.6 is 0 Å². The molecule has 1 amide bonds. The molecule has 1 aliphatic rings. The van der Waals surface area contributed by atoms with E-state index in [1.807, 2.05) is 31.1 Å². The molecule has 2 aromatic carbocycles. The number of nitrogens with one attached hydrogen (secondary N) is 1. The van der Waals surface area contributed by atoms with Gasteiger partial charge in [0.25, 0.3) is 0 Å². The van der Waals surface area contributed by atoms with Crippen LogP contribution in [0.15, 0.2) is 42.6 Å². The molecule has 4 rings (SSSR count). The average Bonchev–Trinajstić information content (AvgIpc) is 3.52. The fraction of sp³-hybridized carbons (Fsp3) is 0.429. The van der Waals surface area contributed by atoms with Gasteiger partial charge in [0.2, 0.25) is 5.91 Å². The first-order chi connectivity index (χ1) is 16.3. The van der Waals surface area contributed by atoms with Gasteiger partial charge in [0.1, 0.15) is 5.75 Å². The van der Waals surface area contributed by atoms with Crippen LogP contribution in [-0.4, -0.2) is 47.1 Å². The maximum Gasteiger partial charge on any atom is 0.335 e. The minimum Gasteiger partial charge on any atom is -0.496 e. The van der Waals surface area contributed by atoms with Gasteiger partial charge in [-0.1, -0.05) is 38.8 Å². The topological polar surface area (TPSA) is 82.6 Å². The van der Waals surface area contributed by atoms with Gasteiger partial charge in [-0.2, -0.15) is 0 Å². The third kappa shape index (κ3) is 4.67. The zero-order valence-electron chi connectivity index (χ0n) is 20.4. The summed E-state index contributed by atoms with van der Waals surface area (Å²) in [6, 6.07) is 11.7. The molecule has 1 fully saturated rings. The first-order valence-corrected chi connectivity index (χ1v) is 12.1. The maximum absolute atomic E-state index is 13.0. The summed E-state index contributed by atoms with van der Waals surface area (Å²) in [6.07, 6.45) is 7.36. The number of amides is 1. The Hall–Kier alpha value is -3.28. The summed E-state index contributed by atoms with van der Waals surface area (Å²) in [6.45, 7) is 4.11. The summed E-state index contributed by atoms with van der Waals surface area (Å²) >= 11 is 0. The van der Waals surface area contributed by atoms with E-state index in [1.54, 1.807) is 19.2 Å². The van der Waals surface area contributed by atoms with Gasteiger partial charge in [0.15, 0.2) is 0 Å². The van der Waals surface area contributed by atoms with Crippen molar-refractivity contribution in [2.24, 2.45) is 5.92 Å². The highest BCUT2D eigenvalue weighted by atomic mass is 16.5. The number of ether oxygens (including phenoxy) is 1. The Morgan fingerprint density at radius 3 is 2.53 bits per heavy atom. The molecule has 0 saturated heterocycles. The summed E-state index contributed by atoms with van der Waals surface area (Å²) < 4.78 is 5.52. The lowest BCUT2D eigenvalue weighted by Crippen LogP contribution is -2.39. The van der Waals surface area contributed by atoms with Gasteiger partial charge in [-0.3, -0.25) is 4.79 Å². The minimum atomic E-state index is -0.975. The lowest BCUT2D eigenvalue weighted by atomic mass is 9.90. The summed E-state index contributed by atoms with van der Waals surface area (Å²) in [7, 11) is 3.51. The number of fused-ring (bicyclic) bond motifs is 1. The number of H-pyrrole nitrogens is 1. The van der Waals surface area contributed by atoms with E-state index >= 15 is 0 Å². The fourth-order valence-electron chi connectivity index (χ4n) is 5.30. The molecule has 0 radical (unpaired) electrons. The molecule has 1 aliphatic carbocycles. The van der Waals surface area contributed by atoms with Gasteiger partial charge in [-0.25, -0.2) is 4.79 Å². The number of carbonyl (C=O) groups is 2. The Balaban J connectivity index is 1.58. The summed E-state index contributed by atoms with van der Waals surface area (Å²) in [5.41, 5.74) is 4.42. The van der Waals surface area contributed by atoms with Crippen LogP contribution in [0.4, 0.5) is 0 Å². The van der Waals surface area contributed by atoms with Crippen molar-refractivity contribution in [2.45, 2.75) is 57.9 Å². The number of rotatable bonds is 8. The summed E-state index contributed by atoms with van der Waals surface area (Å²) in [4.78, 5) is 29.7. The maximum atomic E-state index is 13.0. The predicted octanol–water partition coefficient (Wildman–Crippen LogP) is 5.61. The molecule has 0 spiro atoms. The molecule has 1 aromatic heterocycles. The normalized spacial score (nSPS) is 15.9. The first kappa shape index (κ1) is 23.9. The highest BCUT2D eigenvalue weighted by molar-refractivity contribution is 5.89. The number of aromatic nitrogens is 1. The number of carbonyl (C=O) groups excluding carboxylic acids is 1. The van der Waals surface area contributed by atoms with Crippen molar-refractivity contribution < 1.29 is 19.4 Å². The van der Waals surface area contributed by atoms with Crippen LogP contribution in [0.5, 0.6) is 5.75 Å². The molecule has 6 heteroatoms. The van der Waals surface area contributed by atoms with Crippen molar-refractivity contribution >= 4 is 22.8 Å². The number of nitrogens with zero attached hydrogens (tertiary/aromatic N) is 1. The van der Waals surface area contributed by atoms with Crippen molar-refractivity contribution in [3.8, 4) is 5.75 Å². The molecule has 1 saturated carbocycles. The van der Waals surface area contributed by atoms with Crippen LogP contribution in [0.3, 0.4) is 0 Å². The van der Waals surface area contributed by atoms with E-state index in [2.05, 4.69) is 30.1 Å². The third-order valence-corrected chi connectivity index (χ3v) is 7.38. The van der Waals surface area contributed by atoms with Crippen LogP contribution in [0, 0.1) is 5.92 Å². The lowest BCUT2D eigenvalue weighted by Gasteiger charge is -2.27. The van der Waals surface area contributed by atoms with Crippen molar-refractivity contribution in [3.05, 3.63) is 64.8 Å². The molecule has 180 valence electrons. The number of benzene rings is 2. The molecule has 6 nitrogen and oxygen atoms in total. The van der Waals surface area contributed by atoms with Crippen molar-refractivity contribution in [1.82, 2.24) is 9.88 Å². The molecule has 0 bridgehead atoms. The lowest BCUT2D eigenvalue weighted by molar-refractivity contribution is -0.135. The largest absolute Gasteiger partial charge is 0.496 e. The van der Waals surface area contributed by atoms with Gasteiger partial charge in [-0.15, -0.1) is 0 Å². The highest BCUT2D eigenvalue weighted by Gasteiger charge is 2.27. The first-order valence-electron chi connectivity index (χ1n) is 12.1. The van der Waals surface area contributed by atoms with Crippen LogP contribution < -0.4 is 4.74 Å². The highest BCUT2D eigenvalue weighted by Crippen LogP contribution is 2.36. The van der Waals surface area contributed by atoms with Gasteiger partial charge < -0.3 is 19.7 Å². The van der Waals surface area contributed by atoms with E-state index in [0.29, 0.717) is 18.2 Å². The van der Waals surface area contributed by atoms with Crippen LogP contribution in [-0.2, 0) is 11.2 Å². The van der Waals surface area contributed by atoms with Gasteiger partial charge in [-0.05, 0) is 54.7 Å². The van der Waals surface area contributed by atoms with Gasteiger partial charge in [0.05, 0.1) is 12.7 Å². The SMILES string of the molecule is COc1cc(C(=O)O)ccc1C(C)c1c[nH]c2ccc(CC(C)C(=O)N(C)C3CCCC3)cc12. The number of aromatic amines is 1. The van der Waals surface area contributed by atoms with Crippen LogP contribution in [0.25, 0.3) is 10.9 Å². The molecule has 34 heavy (non-hydrogen) atoms. The van der Waals surface area contributed by atoms with Crippen molar-refractivity contribution in [3.63, 3.8) is 0 Å². The molecule has 2 unspecified atom stereocenters. The van der Waals surface area contributed by atoms with Gasteiger partial charge in [0, 0.05) is 47.6 Å². The van der Waals surface area contributed by atoms with E-state index in [1.165, 1.54) is 12.8 Å². The van der Waals surface area contributed by atoms with Crippen LogP contribution in [0.2, 0.25) is 0 Å². The number of carboxylic acid groups (broad SMARTS) is 1. The van der Waals surface area contributed by atoms with E-state index in [0.717, 1.165) is 40.4 Å². The predicted molar refractivity (Wildman–Crippen MR) is 134 cm³/mol. The second kappa shape index (κ2) is 9.92. The molecule has 0 aliphatic heterocycles. The van der Waals surface area contributed by atoms with E-state index in [-0.39, 0.29) is 23.3 Å². The second-order valence-corrected chi connectivity index (χ2v) is 9.60. The van der Waals surface area contributed by atoms with E-state index in [9.17, 15) is 14.7 Å².